The lowest BCUT2D eigenvalue weighted by atomic mass is 10.1. The molecule has 1 heterocycles. The predicted octanol–water partition coefficient (Wildman–Crippen LogP) is 2.13. The van der Waals surface area contributed by atoms with Gasteiger partial charge in [0.25, 0.3) is 0 Å². The maximum atomic E-state index is 4.39. The van der Waals surface area contributed by atoms with Crippen LogP contribution in [0.4, 0.5) is 0 Å². The van der Waals surface area contributed by atoms with Crippen molar-refractivity contribution < 1.29 is 0 Å². The van der Waals surface area contributed by atoms with Gasteiger partial charge in [-0.3, -0.25) is 9.89 Å². The van der Waals surface area contributed by atoms with E-state index in [0.29, 0.717) is 12.0 Å². The number of hydrogen-bond acceptors (Lipinski definition) is 2. The van der Waals surface area contributed by atoms with Crippen LogP contribution in [-0.4, -0.2) is 49.6 Å². The Kier molecular flexibility index (Phi) is 4.84. The molecule has 0 aromatic carbocycles. The van der Waals surface area contributed by atoms with Gasteiger partial charge in [-0.15, -0.1) is 0 Å². The summed E-state index contributed by atoms with van der Waals surface area (Å²) in [5.74, 6) is 1.68. The molecular weight excluding hydrogens is 260 g/mol. The van der Waals surface area contributed by atoms with Gasteiger partial charge in [-0.25, -0.2) is 0 Å². The van der Waals surface area contributed by atoms with E-state index in [1.165, 1.54) is 45.2 Å². The van der Waals surface area contributed by atoms with Crippen LogP contribution in [0, 0.1) is 5.92 Å². The molecule has 2 fully saturated rings. The second-order valence-electron chi connectivity index (χ2n) is 6.92. The fraction of sp³-hybridized carbons (Fsp3) is 0.824. The van der Waals surface area contributed by atoms with Crippen molar-refractivity contribution in [2.45, 2.75) is 57.5 Å². The molecule has 0 aromatic rings. The van der Waals surface area contributed by atoms with E-state index in [1.807, 2.05) is 7.05 Å². The van der Waals surface area contributed by atoms with E-state index >= 15 is 0 Å². The average molecular weight is 290 g/mol. The summed E-state index contributed by atoms with van der Waals surface area (Å²) in [5, 5.41) is 7.11. The van der Waals surface area contributed by atoms with Gasteiger partial charge in [-0.1, -0.05) is 18.6 Å². The van der Waals surface area contributed by atoms with Gasteiger partial charge in [-0.05, 0) is 44.4 Å². The molecule has 3 rings (SSSR count). The third-order valence-electron chi connectivity index (χ3n) is 5.12. The van der Waals surface area contributed by atoms with E-state index in [4.69, 9.17) is 0 Å². The van der Waals surface area contributed by atoms with Crippen molar-refractivity contribution >= 4 is 5.96 Å². The lowest BCUT2D eigenvalue weighted by Crippen LogP contribution is -2.46. The van der Waals surface area contributed by atoms with E-state index in [-0.39, 0.29) is 0 Å². The monoisotopic (exact) mass is 290 g/mol. The van der Waals surface area contributed by atoms with Crippen LogP contribution in [0.2, 0.25) is 0 Å². The zero-order chi connectivity index (χ0) is 14.7. The van der Waals surface area contributed by atoms with Crippen molar-refractivity contribution in [3.63, 3.8) is 0 Å². The second-order valence-corrected chi connectivity index (χ2v) is 6.92. The van der Waals surface area contributed by atoms with Gasteiger partial charge in [-0.2, -0.15) is 0 Å². The minimum absolute atomic E-state index is 0.544. The number of allylic oxidation sites excluding steroid dienone is 1. The van der Waals surface area contributed by atoms with E-state index in [1.54, 1.807) is 5.57 Å². The number of guanidine groups is 1. The fourth-order valence-corrected chi connectivity index (χ4v) is 3.61. The quantitative estimate of drug-likeness (QED) is 0.463. The van der Waals surface area contributed by atoms with Gasteiger partial charge in [0.1, 0.15) is 0 Å². The molecule has 4 nitrogen and oxygen atoms in total. The summed E-state index contributed by atoms with van der Waals surface area (Å²) < 4.78 is 0. The molecule has 0 radical (unpaired) electrons. The normalized spacial score (nSPS) is 30.6. The Morgan fingerprint density at radius 1 is 1.38 bits per heavy atom. The van der Waals surface area contributed by atoms with Crippen molar-refractivity contribution in [3.8, 4) is 0 Å². The molecule has 0 amide bonds. The molecule has 2 atom stereocenters. The number of hydrogen-bond donors (Lipinski definition) is 2. The van der Waals surface area contributed by atoms with Crippen LogP contribution >= 0.6 is 0 Å². The van der Waals surface area contributed by atoms with Crippen LogP contribution in [0.25, 0.3) is 0 Å². The molecule has 1 aliphatic heterocycles. The second kappa shape index (κ2) is 6.82. The molecule has 1 saturated heterocycles. The number of nitrogens with one attached hydrogen (secondary N) is 2. The number of rotatable bonds is 5. The predicted molar refractivity (Wildman–Crippen MR) is 88.6 cm³/mol. The smallest absolute Gasteiger partial charge is 0.191 e. The first-order valence-electron chi connectivity index (χ1n) is 8.65. The molecule has 4 heteroatoms. The SMILES string of the molecule is CN=C(NCCC1=CCCC1)NC1CN(C2CC2)CC1C. The molecular formula is C17H30N4. The van der Waals surface area contributed by atoms with Crippen LogP contribution in [0.1, 0.15) is 45.4 Å². The van der Waals surface area contributed by atoms with Gasteiger partial charge in [0.15, 0.2) is 5.96 Å². The molecule has 3 aliphatic rings. The molecule has 0 aromatic heterocycles. The Morgan fingerprint density at radius 2 is 2.24 bits per heavy atom. The van der Waals surface area contributed by atoms with Crippen molar-refractivity contribution in [2.75, 3.05) is 26.7 Å². The van der Waals surface area contributed by atoms with E-state index in [0.717, 1.165) is 25.0 Å². The summed E-state index contributed by atoms with van der Waals surface area (Å²) in [5.41, 5.74) is 1.62. The summed E-state index contributed by atoms with van der Waals surface area (Å²) in [4.78, 5) is 7.04. The summed E-state index contributed by atoms with van der Waals surface area (Å²) >= 11 is 0. The van der Waals surface area contributed by atoms with Crippen LogP contribution in [-0.2, 0) is 0 Å². The number of likely N-dealkylation sites (tertiary alicyclic amines) is 1. The first-order valence-corrected chi connectivity index (χ1v) is 8.65. The first kappa shape index (κ1) is 14.9. The Bertz CT molecular complexity index is 411. The van der Waals surface area contributed by atoms with Gasteiger partial charge in [0.2, 0.25) is 0 Å². The van der Waals surface area contributed by atoms with E-state index in [9.17, 15) is 0 Å². The van der Waals surface area contributed by atoms with Crippen LogP contribution in [0.3, 0.4) is 0 Å². The van der Waals surface area contributed by atoms with Crippen molar-refractivity contribution in [2.24, 2.45) is 10.9 Å². The van der Waals surface area contributed by atoms with Crippen LogP contribution in [0.15, 0.2) is 16.6 Å². The summed E-state index contributed by atoms with van der Waals surface area (Å²) in [6, 6.07) is 1.42. The van der Waals surface area contributed by atoms with Crippen LogP contribution < -0.4 is 10.6 Å². The highest BCUT2D eigenvalue weighted by Crippen LogP contribution is 2.31. The molecule has 2 N–H and O–H groups in total. The lowest BCUT2D eigenvalue weighted by molar-refractivity contribution is 0.315. The minimum Gasteiger partial charge on any atom is -0.356 e. The molecule has 21 heavy (non-hydrogen) atoms. The summed E-state index contributed by atoms with van der Waals surface area (Å²) in [6.45, 7) is 5.78. The van der Waals surface area contributed by atoms with Gasteiger partial charge in [0, 0.05) is 38.8 Å². The maximum absolute atomic E-state index is 4.39. The minimum atomic E-state index is 0.544. The molecule has 0 bridgehead atoms. The standard InChI is InChI=1S/C17H30N4/c1-13-11-21(15-7-8-15)12-16(13)20-17(18-2)19-10-9-14-5-3-4-6-14/h5,13,15-16H,3-4,6-12H2,1-2H3,(H2,18,19,20). The average Bonchev–Trinajstić information content (AvgIpc) is 3.09. The molecule has 118 valence electrons. The molecule has 0 spiro atoms. The highest BCUT2D eigenvalue weighted by molar-refractivity contribution is 5.80. The molecule has 1 saturated carbocycles. The molecule has 2 unspecified atom stereocenters. The first-order chi connectivity index (χ1) is 10.3. The maximum Gasteiger partial charge on any atom is 0.191 e. The topological polar surface area (TPSA) is 39.7 Å². The highest BCUT2D eigenvalue weighted by atomic mass is 15.3. The molecule has 2 aliphatic carbocycles. The third-order valence-corrected chi connectivity index (χ3v) is 5.12. The number of aliphatic imine (C=N–C) groups is 1. The van der Waals surface area contributed by atoms with Gasteiger partial charge in [0.05, 0.1) is 0 Å². The van der Waals surface area contributed by atoms with Gasteiger partial charge < -0.3 is 10.6 Å². The largest absolute Gasteiger partial charge is 0.356 e. The highest BCUT2D eigenvalue weighted by Gasteiger charge is 2.38. The zero-order valence-corrected chi connectivity index (χ0v) is 13.6. The zero-order valence-electron chi connectivity index (χ0n) is 13.6. The number of nitrogens with zero attached hydrogens (tertiary/aromatic N) is 2. The Balaban J connectivity index is 1.41. The fourth-order valence-electron chi connectivity index (χ4n) is 3.61. The lowest BCUT2D eigenvalue weighted by Gasteiger charge is -2.20. The van der Waals surface area contributed by atoms with E-state index in [2.05, 4.69) is 33.5 Å². The van der Waals surface area contributed by atoms with Gasteiger partial charge >= 0.3 is 0 Å². The third kappa shape index (κ3) is 4.00. The summed E-state index contributed by atoms with van der Waals surface area (Å²) in [7, 11) is 1.88. The Hall–Kier alpha value is -1.03. The van der Waals surface area contributed by atoms with Crippen molar-refractivity contribution in [1.82, 2.24) is 15.5 Å². The van der Waals surface area contributed by atoms with E-state index < -0.39 is 0 Å². The summed E-state index contributed by atoms with van der Waals surface area (Å²) in [6.07, 6.45) is 10.3. The van der Waals surface area contributed by atoms with Crippen molar-refractivity contribution in [1.29, 1.82) is 0 Å². The van der Waals surface area contributed by atoms with Crippen LogP contribution in [0.5, 0.6) is 0 Å². The Labute approximate surface area is 129 Å². The Morgan fingerprint density at radius 3 is 2.90 bits per heavy atom. The van der Waals surface area contributed by atoms with Crippen molar-refractivity contribution in [3.05, 3.63) is 11.6 Å².